The van der Waals surface area contributed by atoms with Crippen LogP contribution in [0.3, 0.4) is 0 Å². The molecule has 5 nitrogen and oxygen atoms in total. The molecule has 3 aliphatic rings. The largest absolute Gasteiger partial charge is 0.426 e. The average molecular weight is 533 g/mol. The number of rotatable bonds is 4. The molecule has 7 heteroatoms. The van der Waals surface area contributed by atoms with Crippen LogP contribution in [0.15, 0.2) is 54.6 Å². The lowest BCUT2D eigenvalue weighted by Gasteiger charge is -2.28. The Balaban J connectivity index is 1.35. The highest BCUT2D eigenvalue weighted by Gasteiger charge is 2.66. The highest BCUT2D eigenvalue weighted by molar-refractivity contribution is 9.12. The molecule has 2 aromatic rings. The maximum Gasteiger partial charge on any atom is 0.315 e. The van der Waals surface area contributed by atoms with Gasteiger partial charge in [-0.25, -0.2) is 4.90 Å². The van der Waals surface area contributed by atoms with Gasteiger partial charge in [0, 0.05) is 15.7 Å². The molecule has 2 saturated carbocycles. The standard InChI is InChI=1S/C23H19Br2NO4/c24-20-15-11-16(21(20)25)19-18(15)22(28)26(23(19)29)13-7-4-8-14(10-13)30-17(27)9-12-5-2-1-3-6-12/h1-8,10,15-16,18-21H,9,11H2/t15-,16+,18-,19+,20-,21+. The van der Waals surface area contributed by atoms with Crippen LogP contribution in [0.1, 0.15) is 12.0 Å². The van der Waals surface area contributed by atoms with Crippen molar-refractivity contribution in [1.29, 1.82) is 0 Å². The molecule has 0 N–H and O–H groups in total. The van der Waals surface area contributed by atoms with Crippen molar-refractivity contribution in [3.63, 3.8) is 0 Å². The molecule has 1 heterocycles. The van der Waals surface area contributed by atoms with Gasteiger partial charge < -0.3 is 4.74 Å². The zero-order valence-corrected chi connectivity index (χ0v) is 19.1. The molecule has 154 valence electrons. The molecule has 3 fully saturated rings. The SMILES string of the molecule is O=C(Cc1ccccc1)Oc1cccc(N2C(=O)[C@@H]3[C@H]4C[C@H]([C@H](Br)[C@@H]4Br)[C@@H]3C2=O)c1. The highest BCUT2D eigenvalue weighted by Crippen LogP contribution is 2.60. The number of ether oxygens (including phenoxy) is 1. The molecule has 1 aliphatic heterocycles. The summed E-state index contributed by atoms with van der Waals surface area (Å²) < 4.78 is 5.47. The van der Waals surface area contributed by atoms with Crippen molar-refractivity contribution in [2.45, 2.75) is 22.5 Å². The zero-order valence-electron chi connectivity index (χ0n) is 15.9. The van der Waals surface area contributed by atoms with E-state index in [9.17, 15) is 14.4 Å². The molecule has 0 radical (unpaired) electrons. The molecule has 5 rings (SSSR count). The van der Waals surface area contributed by atoms with Crippen LogP contribution in [0.2, 0.25) is 0 Å². The molecule has 2 amide bonds. The number of anilines is 1. The van der Waals surface area contributed by atoms with Gasteiger partial charge in [-0.3, -0.25) is 14.4 Å². The number of carbonyl (C=O) groups excluding carboxylic acids is 3. The lowest BCUT2D eigenvalue weighted by atomic mass is 9.81. The molecule has 0 unspecified atom stereocenters. The smallest absolute Gasteiger partial charge is 0.315 e. The monoisotopic (exact) mass is 531 g/mol. The van der Waals surface area contributed by atoms with E-state index in [-0.39, 0.29) is 51.6 Å². The number of hydrogen-bond donors (Lipinski definition) is 0. The van der Waals surface area contributed by atoms with Crippen LogP contribution in [-0.2, 0) is 20.8 Å². The molecular formula is C23H19Br2NO4. The number of benzene rings is 2. The maximum atomic E-state index is 13.2. The van der Waals surface area contributed by atoms with Crippen LogP contribution >= 0.6 is 31.9 Å². The van der Waals surface area contributed by atoms with Crippen molar-refractivity contribution < 1.29 is 19.1 Å². The third kappa shape index (κ3) is 3.14. The van der Waals surface area contributed by atoms with Crippen LogP contribution in [0.25, 0.3) is 0 Å². The number of halogens is 2. The molecule has 2 aliphatic carbocycles. The number of alkyl halides is 2. The predicted octanol–water partition coefficient (Wildman–Crippen LogP) is 4.12. The van der Waals surface area contributed by atoms with Gasteiger partial charge in [0.25, 0.3) is 0 Å². The van der Waals surface area contributed by atoms with Crippen molar-refractivity contribution in [1.82, 2.24) is 0 Å². The lowest BCUT2D eigenvalue weighted by Crippen LogP contribution is -2.37. The van der Waals surface area contributed by atoms with Gasteiger partial charge in [-0.2, -0.15) is 0 Å². The van der Waals surface area contributed by atoms with Gasteiger partial charge in [0.15, 0.2) is 0 Å². The molecule has 0 aromatic heterocycles. The van der Waals surface area contributed by atoms with Crippen molar-refractivity contribution in [3.8, 4) is 5.75 Å². The Kier molecular flexibility index (Phi) is 5.06. The summed E-state index contributed by atoms with van der Waals surface area (Å²) in [5, 5.41) is 0. The van der Waals surface area contributed by atoms with Crippen molar-refractivity contribution in [2.75, 3.05) is 4.90 Å². The second-order valence-corrected chi connectivity index (χ2v) is 10.3. The molecule has 1 saturated heterocycles. The van der Waals surface area contributed by atoms with Gasteiger partial charge in [-0.05, 0) is 36.0 Å². The number of hydrogen-bond acceptors (Lipinski definition) is 4. The fraction of sp³-hybridized carbons (Fsp3) is 0.348. The second kappa shape index (κ2) is 7.61. The van der Waals surface area contributed by atoms with Crippen LogP contribution in [0.4, 0.5) is 5.69 Å². The summed E-state index contributed by atoms with van der Waals surface area (Å²) in [5.74, 6) is -0.573. The van der Waals surface area contributed by atoms with Gasteiger partial charge in [-0.1, -0.05) is 68.3 Å². The Morgan fingerprint density at radius 2 is 1.57 bits per heavy atom. The lowest BCUT2D eigenvalue weighted by molar-refractivity contribution is -0.133. The summed E-state index contributed by atoms with van der Waals surface area (Å²) in [6.07, 6.45) is 1.04. The highest BCUT2D eigenvalue weighted by atomic mass is 79.9. The summed E-state index contributed by atoms with van der Waals surface area (Å²) >= 11 is 7.40. The third-order valence-corrected chi connectivity index (χ3v) is 9.69. The first-order chi connectivity index (χ1) is 14.5. The zero-order chi connectivity index (χ0) is 21.0. The minimum Gasteiger partial charge on any atom is -0.426 e. The fourth-order valence-electron chi connectivity index (χ4n) is 5.22. The van der Waals surface area contributed by atoms with Crippen molar-refractivity contribution in [2.24, 2.45) is 23.7 Å². The van der Waals surface area contributed by atoms with E-state index in [2.05, 4.69) is 31.9 Å². The maximum absolute atomic E-state index is 13.2. The van der Waals surface area contributed by atoms with E-state index in [1.165, 1.54) is 4.90 Å². The van der Waals surface area contributed by atoms with Gasteiger partial charge >= 0.3 is 5.97 Å². The first kappa shape index (κ1) is 19.9. The summed E-state index contributed by atoms with van der Waals surface area (Å²) in [6, 6.07) is 16.0. The fourth-order valence-corrected chi connectivity index (χ4v) is 7.09. The normalized spacial score (nSPS) is 31.9. The number of esters is 1. The van der Waals surface area contributed by atoms with Gasteiger partial charge in [0.05, 0.1) is 23.9 Å². The molecular weight excluding hydrogens is 514 g/mol. The van der Waals surface area contributed by atoms with E-state index in [0.29, 0.717) is 11.4 Å². The van der Waals surface area contributed by atoms with Crippen molar-refractivity contribution >= 4 is 55.3 Å². The van der Waals surface area contributed by atoms with E-state index in [1.807, 2.05) is 30.3 Å². The van der Waals surface area contributed by atoms with Crippen LogP contribution in [-0.4, -0.2) is 27.4 Å². The summed E-state index contributed by atoms with van der Waals surface area (Å²) in [6.45, 7) is 0. The van der Waals surface area contributed by atoms with E-state index >= 15 is 0 Å². The van der Waals surface area contributed by atoms with Gasteiger partial charge in [0.2, 0.25) is 11.8 Å². The number of amides is 2. The Morgan fingerprint density at radius 1 is 0.933 bits per heavy atom. The number of nitrogens with zero attached hydrogens (tertiary/aromatic N) is 1. The third-order valence-electron chi connectivity index (χ3n) is 6.49. The van der Waals surface area contributed by atoms with Gasteiger partial charge in [0.1, 0.15) is 5.75 Å². The van der Waals surface area contributed by atoms with Crippen LogP contribution < -0.4 is 9.64 Å². The van der Waals surface area contributed by atoms with Gasteiger partial charge in [-0.15, -0.1) is 0 Å². The predicted molar refractivity (Wildman–Crippen MR) is 119 cm³/mol. The quantitative estimate of drug-likeness (QED) is 0.257. The first-order valence-electron chi connectivity index (χ1n) is 9.96. The Hall–Kier alpha value is -1.99. The average Bonchev–Trinajstić information content (AvgIpc) is 3.33. The number of fused-ring (bicyclic) bond motifs is 5. The summed E-state index contributed by atoms with van der Waals surface area (Å²) in [7, 11) is 0. The molecule has 0 spiro atoms. The van der Waals surface area contributed by atoms with Crippen LogP contribution in [0.5, 0.6) is 5.75 Å². The van der Waals surface area contributed by atoms with Crippen LogP contribution in [0, 0.1) is 23.7 Å². The summed E-state index contributed by atoms with van der Waals surface area (Å²) in [4.78, 5) is 40.3. The minimum absolute atomic E-state index is 0.144. The second-order valence-electron chi connectivity index (χ2n) is 8.15. The van der Waals surface area contributed by atoms with E-state index in [1.54, 1.807) is 24.3 Å². The molecule has 2 aromatic carbocycles. The number of imide groups is 1. The Morgan fingerprint density at radius 3 is 2.20 bits per heavy atom. The Labute approximate surface area is 191 Å². The van der Waals surface area contributed by atoms with Crippen molar-refractivity contribution in [3.05, 3.63) is 60.2 Å². The minimum atomic E-state index is -0.392. The molecule has 30 heavy (non-hydrogen) atoms. The molecule has 6 atom stereocenters. The first-order valence-corrected chi connectivity index (χ1v) is 11.8. The number of carbonyl (C=O) groups is 3. The Bertz CT molecular complexity index is 995. The van der Waals surface area contributed by atoms with E-state index in [4.69, 9.17) is 4.74 Å². The molecule has 2 bridgehead atoms. The topological polar surface area (TPSA) is 63.7 Å². The summed E-state index contributed by atoms with van der Waals surface area (Å²) in [5.41, 5.74) is 1.32. The van der Waals surface area contributed by atoms with E-state index < -0.39 is 5.97 Å². The van der Waals surface area contributed by atoms with E-state index in [0.717, 1.165) is 12.0 Å².